The van der Waals surface area contributed by atoms with E-state index in [4.69, 9.17) is 37.8 Å². The second-order valence-electron chi connectivity index (χ2n) is 9.00. The van der Waals surface area contributed by atoms with Crippen molar-refractivity contribution in [1.82, 2.24) is 15.1 Å². The van der Waals surface area contributed by atoms with Crippen molar-refractivity contribution in [2.75, 3.05) is 66.3 Å². The number of likely N-dealkylation sites (tertiary alicyclic amines) is 1. The summed E-state index contributed by atoms with van der Waals surface area (Å²) in [5.74, 6) is 0.0382. The van der Waals surface area contributed by atoms with Gasteiger partial charge in [-0.25, -0.2) is 0 Å². The molecule has 198 valence electrons. The molecular weight excluding hydrogens is 501 g/mol. The molecule has 0 radical (unpaired) electrons. The predicted molar refractivity (Wildman–Crippen MR) is 144 cm³/mol. The minimum atomic E-state index is -0.0533. The summed E-state index contributed by atoms with van der Waals surface area (Å²) in [6.45, 7) is 5.48. The Hall–Kier alpha value is -1.71. The first kappa shape index (κ1) is 28.9. The highest BCUT2D eigenvalue weighted by Crippen LogP contribution is 2.26. The monoisotopic (exact) mass is 537 g/mol. The van der Waals surface area contributed by atoms with Crippen LogP contribution in [0.2, 0.25) is 10.0 Å². The van der Waals surface area contributed by atoms with Crippen LogP contribution in [0.5, 0.6) is 0 Å². The lowest BCUT2D eigenvalue weighted by atomic mass is 10.0. The van der Waals surface area contributed by atoms with Crippen LogP contribution in [0.25, 0.3) is 0 Å². The second-order valence-corrected chi connectivity index (χ2v) is 9.82. The van der Waals surface area contributed by atoms with Crippen LogP contribution in [0.1, 0.15) is 23.6 Å². The number of aliphatic hydroxyl groups excluding tert-OH is 1. The number of nitrogens with one attached hydrogen (secondary N) is 1. The molecule has 0 spiro atoms. The third kappa shape index (κ3) is 9.30. The molecule has 1 heterocycles. The van der Waals surface area contributed by atoms with Gasteiger partial charge in [-0.1, -0.05) is 59.6 Å². The molecule has 2 aromatic carbocycles. The van der Waals surface area contributed by atoms with Gasteiger partial charge in [0.2, 0.25) is 5.91 Å². The zero-order valence-corrected chi connectivity index (χ0v) is 22.4. The molecule has 1 aliphatic heterocycles. The molecule has 1 saturated heterocycles. The van der Waals surface area contributed by atoms with Crippen molar-refractivity contribution in [1.29, 1.82) is 0 Å². The zero-order chi connectivity index (χ0) is 25.8. The van der Waals surface area contributed by atoms with Gasteiger partial charge in [0.25, 0.3) is 0 Å². The van der Waals surface area contributed by atoms with Crippen molar-refractivity contribution in [3.05, 3.63) is 69.7 Å². The van der Waals surface area contributed by atoms with Gasteiger partial charge in [0.1, 0.15) is 0 Å². The molecule has 1 amide bonds. The number of nitrogens with zero attached hydrogens (tertiary/aromatic N) is 2. The van der Waals surface area contributed by atoms with Crippen LogP contribution in [-0.4, -0.2) is 93.1 Å². The van der Waals surface area contributed by atoms with Crippen molar-refractivity contribution in [3.63, 3.8) is 0 Å². The molecule has 36 heavy (non-hydrogen) atoms. The van der Waals surface area contributed by atoms with Gasteiger partial charge in [-0.05, 0) is 36.2 Å². The van der Waals surface area contributed by atoms with E-state index in [9.17, 15) is 4.79 Å². The van der Waals surface area contributed by atoms with Gasteiger partial charge in [0.15, 0.2) is 0 Å². The Morgan fingerprint density at radius 2 is 1.86 bits per heavy atom. The number of carbonyl (C=O) groups excluding carboxylic acids is 1. The molecular formula is C27H37Cl2N3O4. The number of amides is 1. The Balaban J connectivity index is 1.51. The summed E-state index contributed by atoms with van der Waals surface area (Å²) in [5, 5.41) is 13.2. The standard InChI is InChI=1S/C27H37Cl2N3O4/c1-31(27(34)18-21-7-8-24(28)25(29)17-21)26(22-5-3-2-4-6-22)20-32-11-9-23(19-32)30-10-13-35-15-16-36-14-12-33/h2-8,17,23,26,30,33H,9-16,18-20H2,1H3/t23?,26-/m1/s1. The predicted octanol–water partition coefficient (Wildman–Crippen LogP) is 3.43. The highest BCUT2D eigenvalue weighted by Gasteiger charge is 2.28. The normalized spacial score (nSPS) is 16.8. The minimum absolute atomic E-state index is 0.0338. The van der Waals surface area contributed by atoms with E-state index in [1.807, 2.05) is 36.2 Å². The molecule has 2 atom stereocenters. The maximum Gasteiger partial charge on any atom is 0.227 e. The Kier molecular flexibility index (Phi) is 12.4. The number of carbonyl (C=O) groups is 1. The fraction of sp³-hybridized carbons (Fsp3) is 0.519. The number of rotatable bonds is 15. The molecule has 2 aromatic rings. The van der Waals surface area contributed by atoms with Crippen LogP contribution in [0.3, 0.4) is 0 Å². The van der Waals surface area contributed by atoms with Crippen molar-refractivity contribution < 1.29 is 19.4 Å². The highest BCUT2D eigenvalue weighted by molar-refractivity contribution is 6.42. The minimum Gasteiger partial charge on any atom is -0.394 e. The first-order valence-electron chi connectivity index (χ1n) is 12.4. The van der Waals surface area contributed by atoms with Gasteiger partial charge in [0.05, 0.1) is 55.5 Å². The van der Waals surface area contributed by atoms with Crippen molar-refractivity contribution >= 4 is 29.1 Å². The molecule has 2 N–H and O–H groups in total. The fourth-order valence-electron chi connectivity index (χ4n) is 4.38. The maximum absolute atomic E-state index is 13.2. The number of halogens is 2. The summed E-state index contributed by atoms with van der Waals surface area (Å²) in [4.78, 5) is 17.5. The summed E-state index contributed by atoms with van der Waals surface area (Å²) >= 11 is 12.2. The Morgan fingerprint density at radius 1 is 1.11 bits per heavy atom. The first-order chi connectivity index (χ1) is 17.5. The largest absolute Gasteiger partial charge is 0.394 e. The summed E-state index contributed by atoms with van der Waals surface area (Å²) < 4.78 is 10.8. The SMILES string of the molecule is CN(C(=O)Cc1ccc(Cl)c(Cl)c1)[C@H](CN1CCC(NCCOCCOCCO)C1)c1ccccc1. The van der Waals surface area contributed by atoms with Gasteiger partial charge >= 0.3 is 0 Å². The van der Waals surface area contributed by atoms with Crippen LogP contribution in [0.4, 0.5) is 0 Å². The first-order valence-corrected chi connectivity index (χ1v) is 13.2. The number of hydrogen-bond donors (Lipinski definition) is 2. The van der Waals surface area contributed by atoms with Gasteiger partial charge in [0, 0.05) is 32.7 Å². The summed E-state index contributed by atoms with van der Waals surface area (Å²) in [6.07, 6.45) is 1.33. The smallest absolute Gasteiger partial charge is 0.227 e. The quantitative estimate of drug-likeness (QED) is 0.339. The van der Waals surface area contributed by atoms with E-state index in [1.165, 1.54) is 0 Å². The van der Waals surface area contributed by atoms with E-state index in [-0.39, 0.29) is 25.0 Å². The maximum atomic E-state index is 13.2. The molecule has 1 aliphatic rings. The van der Waals surface area contributed by atoms with Gasteiger partial charge in [-0.15, -0.1) is 0 Å². The zero-order valence-electron chi connectivity index (χ0n) is 20.9. The summed E-state index contributed by atoms with van der Waals surface area (Å²) in [6, 6.07) is 15.9. The molecule has 7 nitrogen and oxygen atoms in total. The summed E-state index contributed by atoms with van der Waals surface area (Å²) in [5.41, 5.74) is 1.97. The molecule has 0 bridgehead atoms. The van der Waals surface area contributed by atoms with Crippen molar-refractivity contribution in [3.8, 4) is 0 Å². The number of ether oxygens (including phenoxy) is 2. The van der Waals surface area contributed by atoms with Gasteiger partial charge in [-0.2, -0.15) is 0 Å². The van der Waals surface area contributed by atoms with Crippen molar-refractivity contribution in [2.24, 2.45) is 0 Å². The number of likely N-dealkylation sites (N-methyl/N-ethyl adjacent to an activating group) is 1. The van der Waals surface area contributed by atoms with Crippen LogP contribution in [0.15, 0.2) is 48.5 Å². The van der Waals surface area contributed by atoms with E-state index < -0.39 is 0 Å². The molecule has 1 unspecified atom stereocenters. The lowest BCUT2D eigenvalue weighted by molar-refractivity contribution is -0.131. The average molecular weight is 539 g/mol. The van der Waals surface area contributed by atoms with E-state index >= 15 is 0 Å². The topological polar surface area (TPSA) is 74.3 Å². The van der Waals surface area contributed by atoms with Gasteiger partial charge < -0.3 is 24.8 Å². The number of benzene rings is 2. The average Bonchev–Trinajstić information content (AvgIpc) is 3.34. The molecule has 0 saturated carbocycles. The van der Waals surface area contributed by atoms with E-state index in [2.05, 4.69) is 22.3 Å². The lowest BCUT2D eigenvalue weighted by Crippen LogP contribution is -2.41. The molecule has 3 rings (SSSR count). The third-order valence-electron chi connectivity index (χ3n) is 6.38. The van der Waals surface area contributed by atoms with Gasteiger partial charge in [-0.3, -0.25) is 9.69 Å². The Morgan fingerprint density at radius 3 is 2.58 bits per heavy atom. The van der Waals surface area contributed by atoms with E-state index in [0.29, 0.717) is 42.5 Å². The lowest BCUT2D eigenvalue weighted by Gasteiger charge is -2.32. The van der Waals surface area contributed by atoms with Crippen LogP contribution >= 0.6 is 23.2 Å². The van der Waals surface area contributed by atoms with E-state index in [0.717, 1.165) is 43.7 Å². The van der Waals surface area contributed by atoms with Crippen LogP contribution in [0, 0.1) is 0 Å². The number of hydrogen-bond acceptors (Lipinski definition) is 6. The van der Waals surface area contributed by atoms with E-state index in [1.54, 1.807) is 12.1 Å². The fourth-order valence-corrected chi connectivity index (χ4v) is 4.70. The molecule has 0 aliphatic carbocycles. The summed E-state index contributed by atoms with van der Waals surface area (Å²) in [7, 11) is 1.88. The van der Waals surface area contributed by atoms with Crippen molar-refractivity contribution in [2.45, 2.75) is 24.9 Å². The second kappa shape index (κ2) is 15.5. The van der Waals surface area contributed by atoms with Crippen LogP contribution < -0.4 is 5.32 Å². The molecule has 0 aromatic heterocycles. The Bertz CT molecular complexity index is 934. The van der Waals surface area contributed by atoms with Crippen LogP contribution in [-0.2, 0) is 20.7 Å². The molecule has 9 heteroatoms. The third-order valence-corrected chi connectivity index (χ3v) is 7.11. The number of aliphatic hydroxyl groups is 1. The molecule has 1 fully saturated rings. The highest BCUT2D eigenvalue weighted by atomic mass is 35.5. The Labute approximate surface area is 224 Å².